The molecule has 2 heterocycles. The standard InChI is InChI=1S/C28H28N2O7S/c1-6-35-20-11-9-19(10-12-20)25-24(27(33)36-7-2)16(3)29-28-30(25)26(32)23(38-28)15-18-8-13-21(37-17(4)31)22(14-18)34-5/h8-15,25H,6-7H2,1-5H3/b23-15-. The monoisotopic (exact) mass is 536 g/mol. The molecule has 0 radical (unpaired) electrons. The maximum Gasteiger partial charge on any atom is 0.338 e. The van der Waals surface area contributed by atoms with Crippen LogP contribution in [0, 0.1) is 0 Å². The molecule has 0 fully saturated rings. The fraction of sp³-hybridized carbons (Fsp3) is 0.286. The molecule has 0 bridgehead atoms. The van der Waals surface area contributed by atoms with Crippen LogP contribution in [0.15, 0.2) is 63.5 Å². The van der Waals surface area contributed by atoms with Crippen LogP contribution in [0.3, 0.4) is 0 Å². The second-order valence-electron chi connectivity index (χ2n) is 8.31. The summed E-state index contributed by atoms with van der Waals surface area (Å²) < 4.78 is 23.4. The van der Waals surface area contributed by atoms with E-state index in [-0.39, 0.29) is 17.9 Å². The van der Waals surface area contributed by atoms with E-state index < -0.39 is 18.0 Å². The van der Waals surface area contributed by atoms with Crippen molar-refractivity contribution in [2.75, 3.05) is 20.3 Å². The fourth-order valence-corrected chi connectivity index (χ4v) is 5.23. The third-order valence-electron chi connectivity index (χ3n) is 5.76. The second-order valence-corrected chi connectivity index (χ2v) is 9.32. The van der Waals surface area contributed by atoms with Gasteiger partial charge in [-0.1, -0.05) is 29.5 Å². The van der Waals surface area contributed by atoms with E-state index in [1.807, 2.05) is 31.2 Å². The highest BCUT2D eigenvalue weighted by molar-refractivity contribution is 7.07. The molecule has 1 aromatic heterocycles. The summed E-state index contributed by atoms with van der Waals surface area (Å²) in [7, 11) is 1.47. The zero-order chi connectivity index (χ0) is 27.4. The second kappa shape index (κ2) is 11.5. The molecule has 0 aliphatic carbocycles. The Bertz CT molecular complexity index is 1580. The zero-order valence-electron chi connectivity index (χ0n) is 21.8. The number of thiazole rings is 1. The van der Waals surface area contributed by atoms with Gasteiger partial charge in [0.25, 0.3) is 5.56 Å². The average molecular weight is 537 g/mol. The van der Waals surface area contributed by atoms with Crippen LogP contribution >= 0.6 is 11.3 Å². The fourth-order valence-electron chi connectivity index (χ4n) is 4.18. The molecular weight excluding hydrogens is 508 g/mol. The van der Waals surface area contributed by atoms with Crippen molar-refractivity contribution in [2.45, 2.75) is 33.7 Å². The first-order chi connectivity index (χ1) is 18.3. The molecule has 9 nitrogen and oxygen atoms in total. The largest absolute Gasteiger partial charge is 0.494 e. The van der Waals surface area contributed by atoms with Crippen molar-refractivity contribution in [3.8, 4) is 17.2 Å². The van der Waals surface area contributed by atoms with Crippen LogP contribution in [0.25, 0.3) is 6.08 Å². The summed E-state index contributed by atoms with van der Waals surface area (Å²) in [5.41, 5.74) is 1.89. The molecule has 198 valence electrons. The highest BCUT2D eigenvalue weighted by atomic mass is 32.1. The van der Waals surface area contributed by atoms with Crippen LogP contribution < -0.4 is 29.1 Å². The quantitative estimate of drug-likeness (QED) is 0.322. The minimum Gasteiger partial charge on any atom is -0.494 e. The first kappa shape index (κ1) is 26.9. The molecule has 38 heavy (non-hydrogen) atoms. The lowest BCUT2D eigenvalue weighted by atomic mass is 9.96. The Balaban J connectivity index is 1.87. The number of nitrogens with zero attached hydrogens (tertiary/aromatic N) is 2. The van der Waals surface area contributed by atoms with E-state index in [1.54, 1.807) is 38.1 Å². The number of hydrogen-bond donors (Lipinski definition) is 0. The van der Waals surface area contributed by atoms with E-state index in [9.17, 15) is 14.4 Å². The van der Waals surface area contributed by atoms with Gasteiger partial charge in [-0.3, -0.25) is 14.2 Å². The maximum absolute atomic E-state index is 13.8. The van der Waals surface area contributed by atoms with Crippen molar-refractivity contribution in [1.29, 1.82) is 0 Å². The molecule has 1 aliphatic rings. The minimum atomic E-state index is -0.719. The van der Waals surface area contributed by atoms with Gasteiger partial charge in [0.2, 0.25) is 0 Å². The maximum atomic E-state index is 13.8. The van der Waals surface area contributed by atoms with Crippen molar-refractivity contribution in [1.82, 2.24) is 4.57 Å². The summed E-state index contributed by atoms with van der Waals surface area (Å²) in [6, 6.07) is 11.6. The van der Waals surface area contributed by atoms with Gasteiger partial charge in [0.05, 0.1) is 42.2 Å². The molecule has 10 heteroatoms. The zero-order valence-corrected chi connectivity index (χ0v) is 22.6. The van der Waals surface area contributed by atoms with Crippen LogP contribution in [-0.2, 0) is 14.3 Å². The number of methoxy groups -OCH3 is 1. The number of esters is 2. The lowest BCUT2D eigenvalue weighted by Crippen LogP contribution is -2.39. The van der Waals surface area contributed by atoms with Crippen molar-refractivity contribution in [3.05, 3.63) is 84.5 Å². The third-order valence-corrected chi connectivity index (χ3v) is 6.75. The van der Waals surface area contributed by atoms with E-state index in [1.165, 1.54) is 29.9 Å². The molecule has 3 aromatic rings. The summed E-state index contributed by atoms with van der Waals surface area (Å²) in [5, 5.41) is 0. The van der Waals surface area contributed by atoms with Gasteiger partial charge in [-0.05, 0) is 62.2 Å². The molecule has 4 rings (SSSR count). The number of ether oxygens (including phenoxy) is 4. The summed E-state index contributed by atoms with van der Waals surface area (Å²) in [5.74, 6) is 0.338. The Labute approximate surface area is 223 Å². The van der Waals surface area contributed by atoms with E-state index in [2.05, 4.69) is 4.99 Å². The van der Waals surface area contributed by atoms with Crippen molar-refractivity contribution in [2.24, 2.45) is 4.99 Å². The van der Waals surface area contributed by atoms with E-state index >= 15 is 0 Å². The van der Waals surface area contributed by atoms with Gasteiger partial charge in [0.1, 0.15) is 5.75 Å². The molecule has 1 aliphatic heterocycles. The highest BCUT2D eigenvalue weighted by Crippen LogP contribution is 2.32. The number of aromatic nitrogens is 1. The van der Waals surface area contributed by atoms with Crippen LogP contribution in [-0.4, -0.2) is 36.8 Å². The minimum absolute atomic E-state index is 0.196. The first-order valence-electron chi connectivity index (χ1n) is 12.1. The topological polar surface area (TPSA) is 105 Å². The highest BCUT2D eigenvalue weighted by Gasteiger charge is 2.33. The molecule has 0 N–H and O–H groups in total. The predicted octanol–water partition coefficient (Wildman–Crippen LogP) is 3.13. The molecule has 1 atom stereocenters. The molecule has 0 amide bonds. The molecule has 1 unspecified atom stereocenters. The Morgan fingerprint density at radius 2 is 1.82 bits per heavy atom. The Morgan fingerprint density at radius 3 is 2.45 bits per heavy atom. The van der Waals surface area contributed by atoms with Gasteiger partial charge in [-0.25, -0.2) is 9.79 Å². The van der Waals surface area contributed by atoms with Gasteiger partial charge >= 0.3 is 11.9 Å². The average Bonchev–Trinajstić information content (AvgIpc) is 3.18. The van der Waals surface area contributed by atoms with Crippen LogP contribution in [0.5, 0.6) is 17.2 Å². The summed E-state index contributed by atoms with van der Waals surface area (Å²) in [4.78, 5) is 43.2. The lowest BCUT2D eigenvalue weighted by molar-refractivity contribution is -0.139. The Morgan fingerprint density at radius 1 is 1.08 bits per heavy atom. The summed E-state index contributed by atoms with van der Waals surface area (Å²) in [6.45, 7) is 7.40. The van der Waals surface area contributed by atoms with E-state index in [0.717, 1.165) is 5.56 Å². The van der Waals surface area contributed by atoms with E-state index in [4.69, 9.17) is 18.9 Å². The number of carbonyl (C=O) groups excluding carboxylic acids is 2. The van der Waals surface area contributed by atoms with Crippen molar-refractivity contribution >= 4 is 29.4 Å². The van der Waals surface area contributed by atoms with Crippen LogP contribution in [0.4, 0.5) is 0 Å². The number of rotatable bonds is 8. The van der Waals surface area contributed by atoms with Gasteiger partial charge in [0.15, 0.2) is 16.3 Å². The molecule has 2 aromatic carbocycles. The Hall–Kier alpha value is -4.18. The number of benzene rings is 2. The van der Waals surface area contributed by atoms with E-state index in [0.29, 0.717) is 44.3 Å². The van der Waals surface area contributed by atoms with Crippen LogP contribution in [0.1, 0.15) is 44.9 Å². The van der Waals surface area contributed by atoms with Gasteiger partial charge in [-0.15, -0.1) is 0 Å². The van der Waals surface area contributed by atoms with Crippen molar-refractivity contribution < 1.29 is 28.5 Å². The summed E-state index contributed by atoms with van der Waals surface area (Å²) in [6.07, 6.45) is 1.71. The van der Waals surface area contributed by atoms with Crippen molar-refractivity contribution in [3.63, 3.8) is 0 Å². The molecular formula is C28H28N2O7S. The SMILES string of the molecule is CCOC(=O)C1=C(C)N=c2s/c(=C\c3ccc(OC(C)=O)c(OC)c3)c(=O)n2C1c1ccc(OCC)cc1. The number of carbonyl (C=O) groups is 2. The first-order valence-corrected chi connectivity index (χ1v) is 12.9. The predicted molar refractivity (Wildman–Crippen MR) is 142 cm³/mol. The number of allylic oxidation sites excluding steroid dienone is 1. The Kier molecular flexibility index (Phi) is 8.11. The van der Waals surface area contributed by atoms with Gasteiger partial charge < -0.3 is 18.9 Å². The summed E-state index contributed by atoms with van der Waals surface area (Å²) >= 11 is 1.22. The number of fused-ring (bicyclic) bond motifs is 1. The van der Waals surface area contributed by atoms with Crippen LogP contribution in [0.2, 0.25) is 0 Å². The van der Waals surface area contributed by atoms with Gasteiger partial charge in [0, 0.05) is 6.92 Å². The molecule has 0 saturated heterocycles. The lowest BCUT2D eigenvalue weighted by Gasteiger charge is -2.24. The normalized spacial score (nSPS) is 15.0. The third kappa shape index (κ3) is 5.40. The number of hydrogen-bond acceptors (Lipinski definition) is 9. The smallest absolute Gasteiger partial charge is 0.338 e. The van der Waals surface area contributed by atoms with Gasteiger partial charge in [-0.2, -0.15) is 0 Å². The molecule has 0 spiro atoms. The molecule has 0 saturated carbocycles.